The molecular weight excluding hydrogens is 218 g/mol. The fourth-order valence-electron chi connectivity index (χ4n) is 1.52. The SMILES string of the molecule is [B][C@@H]1CCC(n2cc(F)c(=O)[nH]c2=S)O1. The normalized spacial score (nSPS) is 25.7. The minimum Gasteiger partial charge on any atom is -0.365 e. The molecule has 2 rings (SSSR count). The van der Waals surface area contributed by atoms with E-state index < -0.39 is 11.4 Å². The molecule has 1 aromatic rings. The maximum atomic E-state index is 13.0. The average Bonchev–Trinajstić information content (AvgIpc) is 2.58. The summed E-state index contributed by atoms with van der Waals surface area (Å²) in [7, 11) is 5.55. The zero-order valence-electron chi connectivity index (χ0n) is 7.77. The number of ether oxygens (including phenoxy) is 1. The van der Waals surface area contributed by atoms with Crippen molar-refractivity contribution in [2.24, 2.45) is 0 Å². The van der Waals surface area contributed by atoms with Gasteiger partial charge in [-0.25, -0.2) is 0 Å². The molecule has 2 atom stereocenters. The quantitative estimate of drug-likeness (QED) is 0.570. The van der Waals surface area contributed by atoms with Crippen LogP contribution in [0, 0.1) is 10.6 Å². The molecular formula is C8H8BFN2O2S. The first-order chi connectivity index (χ1) is 7.08. The molecule has 0 saturated carbocycles. The first kappa shape index (κ1) is 10.6. The lowest BCUT2D eigenvalue weighted by Gasteiger charge is -2.15. The third kappa shape index (κ3) is 2.03. The molecule has 0 spiro atoms. The summed E-state index contributed by atoms with van der Waals surface area (Å²) in [6, 6.07) is -0.355. The van der Waals surface area contributed by atoms with Gasteiger partial charge in [-0.2, -0.15) is 4.39 Å². The topological polar surface area (TPSA) is 47.0 Å². The Morgan fingerprint density at radius 3 is 3.00 bits per heavy atom. The summed E-state index contributed by atoms with van der Waals surface area (Å²) in [4.78, 5) is 13.1. The maximum absolute atomic E-state index is 13.0. The lowest BCUT2D eigenvalue weighted by molar-refractivity contribution is 0.0346. The number of H-pyrrole nitrogens is 1. The van der Waals surface area contributed by atoms with Gasteiger partial charge in [0.2, 0.25) is 5.82 Å². The molecule has 7 heteroatoms. The molecule has 1 N–H and O–H groups in total. The molecule has 4 nitrogen and oxygen atoms in total. The van der Waals surface area contributed by atoms with Gasteiger partial charge in [0.05, 0.1) is 6.20 Å². The van der Waals surface area contributed by atoms with Gasteiger partial charge in [0.15, 0.2) is 4.77 Å². The monoisotopic (exact) mass is 226 g/mol. The number of aromatic amines is 1. The van der Waals surface area contributed by atoms with Crippen molar-refractivity contribution in [1.82, 2.24) is 9.55 Å². The summed E-state index contributed by atoms with van der Waals surface area (Å²) < 4.78 is 19.8. The van der Waals surface area contributed by atoms with E-state index in [9.17, 15) is 9.18 Å². The second-order valence-electron chi connectivity index (χ2n) is 3.35. The molecule has 78 valence electrons. The van der Waals surface area contributed by atoms with Crippen molar-refractivity contribution < 1.29 is 9.13 Å². The molecule has 1 saturated heterocycles. The Hall–Kier alpha value is -0.945. The third-order valence-corrected chi connectivity index (χ3v) is 2.58. The van der Waals surface area contributed by atoms with E-state index in [1.54, 1.807) is 0 Å². The van der Waals surface area contributed by atoms with Crippen LogP contribution in [0.2, 0.25) is 0 Å². The second kappa shape index (κ2) is 3.90. The average molecular weight is 226 g/mol. The Kier molecular flexibility index (Phi) is 2.75. The minimum absolute atomic E-state index is 0.139. The summed E-state index contributed by atoms with van der Waals surface area (Å²) >= 11 is 4.89. The van der Waals surface area contributed by atoms with E-state index in [2.05, 4.69) is 4.98 Å². The van der Waals surface area contributed by atoms with Crippen LogP contribution in [0.4, 0.5) is 4.39 Å². The molecule has 1 unspecified atom stereocenters. The number of nitrogens with one attached hydrogen (secondary N) is 1. The molecule has 1 fully saturated rings. The van der Waals surface area contributed by atoms with E-state index >= 15 is 0 Å². The van der Waals surface area contributed by atoms with Crippen molar-refractivity contribution in [2.45, 2.75) is 25.1 Å². The van der Waals surface area contributed by atoms with Crippen LogP contribution in [-0.2, 0) is 4.74 Å². The van der Waals surface area contributed by atoms with E-state index in [0.29, 0.717) is 12.8 Å². The van der Waals surface area contributed by atoms with Crippen molar-refractivity contribution >= 4 is 20.1 Å². The molecule has 1 aromatic heterocycles. The third-order valence-electron chi connectivity index (χ3n) is 2.26. The maximum Gasteiger partial charge on any atom is 0.287 e. The molecule has 0 aliphatic carbocycles. The van der Waals surface area contributed by atoms with Crippen LogP contribution in [0.25, 0.3) is 0 Å². The van der Waals surface area contributed by atoms with Crippen molar-refractivity contribution in [3.8, 4) is 0 Å². The van der Waals surface area contributed by atoms with Gasteiger partial charge in [-0.3, -0.25) is 14.3 Å². The molecule has 1 aliphatic heterocycles. The van der Waals surface area contributed by atoms with Crippen LogP contribution in [0.1, 0.15) is 19.1 Å². The van der Waals surface area contributed by atoms with Crippen molar-refractivity contribution in [1.29, 1.82) is 0 Å². The zero-order chi connectivity index (χ0) is 11.0. The van der Waals surface area contributed by atoms with Gasteiger partial charge in [0, 0.05) is 6.00 Å². The Labute approximate surface area is 91.5 Å². The highest BCUT2D eigenvalue weighted by Gasteiger charge is 2.23. The molecule has 0 amide bonds. The van der Waals surface area contributed by atoms with E-state index in [0.717, 1.165) is 6.20 Å². The highest BCUT2D eigenvalue weighted by molar-refractivity contribution is 7.71. The Morgan fingerprint density at radius 2 is 2.40 bits per heavy atom. The summed E-state index contributed by atoms with van der Waals surface area (Å²) in [6.45, 7) is 0. The predicted octanol–water partition coefficient (Wildman–Crippen LogP) is 0.849. The smallest absolute Gasteiger partial charge is 0.287 e. The summed E-state index contributed by atoms with van der Waals surface area (Å²) in [5.74, 6) is -0.882. The Bertz CT molecular complexity index is 486. The van der Waals surface area contributed by atoms with Gasteiger partial charge in [-0.1, -0.05) is 0 Å². The first-order valence-electron chi connectivity index (χ1n) is 4.50. The summed E-state index contributed by atoms with van der Waals surface area (Å²) in [5.41, 5.74) is -0.821. The summed E-state index contributed by atoms with van der Waals surface area (Å²) in [6.07, 6.45) is 2.00. The molecule has 0 bridgehead atoms. The number of hydrogen-bond acceptors (Lipinski definition) is 3. The lowest BCUT2D eigenvalue weighted by Crippen LogP contribution is -2.20. The van der Waals surface area contributed by atoms with Crippen LogP contribution >= 0.6 is 12.2 Å². The molecule has 0 aromatic carbocycles. The fraction of sp³-hybridized carbons (Fsp3) is 0.500. The van der Waals surface area contributed by atoms with Gasteiger partial charge in [0.1, 0.15) is 14.1 Å². The highest BCUT2D eigenvalue weighted by atomic mass is 32.1. The van der Waals surface area contributed by atoms with Crippen LogP contribution in [-0.4, -0.2) is 23.4 Å². The first-order valence-corrected chi connectivity index (χ1v) is 4.91. The number of nitrogens with zero attached hydrogens (tertiary/aromatic N) is 1. The molecule has 15 heavy (non-hydrogen) atoms. The van der Waals surface area contributed by atoms with Crippen molar-refractivity contribution in [3.05, 3.63) is 27.1 Å². The second-order valence-corrected chi connectivity index (χ2v) is 3.74. The van der Waals surface area contributed by atoms with E-state index in [1.165, 1.54) is 4.57 Å². The number of rotatable bonds is 1. The van der Waals surface area contributed by atoms with Crippen LogP contribution in [0.3, 0.4) is 0 Å². The summed E-state index contributed by atoms with van der Waals surface area (Å²) in [5, 5.41) is 0. The Balaban J connectivity index is 2.41. The molecule has 2 heterocycles. The van der Waals surface area contributed by atoms with E-state index in [-0.39, 0.29) is 17.0 Å². The van der Waals surface area contributed by atoms with Gasteiger partial charge < -0.3 is 4.74 Å². The number of aromatic nitrogens is 2. The largest absolute Gasteiger partial charge is 0.365 e. The van der Waals surface area contributed by atoms with Gasteiger partial charge in [-0.05, 0) is 25.1 Å². The van der Waals surface area contributed by atoms with Gasteiger partial charge >= 0.3 is 0 Å². The molecule has 1 aliphatic rings. The van der Waals surface area contributed by atoms with Crippen LogP contribution < -0.4 is 5.56 Å². The highest BCUT2D eigenvalue weighted by Crippen LogP contribution is 2.26. The Morgan fingerprint density at radius 1 is 1.67 bits per heavy atom. The van der Waals surface area contributed by atoms with Gasteiger partial charge in [0.25, 0.3) is 5.56 Å². The van der Waals surface area contributed by atoms with Crippen molar-refractivity contribution in [3.63, 3.8) is 0 Å². The predicted molar refractivity (Wildman–Crippen MR) is 54.7 cm³/mol. The zero-order valence-corrected chi connectivity index (χ0v) is 8.59. The van der Waals surface area contributed by atoms with Gasteiger partial charge in [-0.15, -0.1) is 0 Å². The minimum atomic E-state index is -0.882. The fourth-order valence-corrected chi connectivity index (χ4v) is 1.79. The number of hydrogen-bond donors (Lipinski definition) is 1. The van der Waals surface area contributed by atoms with Crippen molar-refractivity contribution in [2.75, 3.05) is 0 Å². The standard InChI is InChI=1S/C8H8BFN2O2S/c9-5-1-2-6(14-5)12-3-4(10)7(13)11-8(12)15/h3,5-6H,1-2H2,(H,11,13,15)/t5-,6?/m0/s1. The lowest BCUT2D eigenvalue weighted by atomic mass is 9.98. The number of halogens is 1. The van der Waals surface area contributed by atoms with E-state index in [1.807, 2.05) is 0 Å². The van der Waals surface area contributed by atoms with E-state index in [4.69, 9.17) is 24.8 Å². The van der Waals surface area contributed by atoms with Crippen LogP contribution in [0.5, 0.6) is 0 Å². The van der Waals surface area contributed by atoms with Crippen LogP contribution in [0.15, 0.2) is 11.0 Å². The molecule has 2 radical (unpaired) electrons.